The Labute approximate surface area is 156 Å². The molecule has 138 valence electrons. The Morgan fingerprint density at radius 2 is 1.96 bits per heavy atom. The fourth-order valence-corrected chi connectivity index (χ4v) is 4.26. The first-order valence-corrected chi connectivity index (χ1v) is 9.58. The lowest BCUT2D eigenvalue weighted by atomic mass is 9.80. The van der Waals surface area contributed by atoms with Crippen molar-refractivity contribution in [3.63, 3.8) is 0 Å². The summed E-state index contributed by atoms with van der Waals surface area (Å²) in [7, 11) is 0. The number of nitrogens with zero attached hydrogens (tertiary/aromatic N) is 3. The fraction of sp³-hybridized carbons (Fsp3) is 0.545. The molecule has 0 amide bonds. The highest BCUT2D eigenvalue weighted by atomic mass is 16.5. The summed E-state index contributed by atoms with van der Waals surface area (Å²) in [6, 6.07) is 9.11. The minimum atomic E-state index is 0.0344. The van der Waals surface area contributed by atoms with Crippen molar-refractivity contribution >= 4 is 0 Å². The van der Waals surface area contributed by atoms with E-state index in [4.69, 9.17) is 9.72 Å². The maximum atomic E-state index is 5.92. The largest absolute Gasteiger partial charge is 0.376 e. The highest BCUT2D eigenvalue weighted by Crippen LogP contribution is 2.39. The molecule has 1 spiro atoms. The van der Waals surface area contributed by atoms with Crippen molar-refractivity contribution in [2.75, 3.05) is 19.7 Å². The summed E-state index contributed by atoms with van der Waals surface area (Å²) in [4.78, 5) is 11.7. The second-order valence-corrected chi connectivity index (χ2v) is 8.97. The minimum Gasteiger partial charge on any atom is -0.376 e. The summed E-state index contributed by atoms with van der Waals surface area (Å²) >= 11 is 0. The molecule has 26 heavy (non-hydrogen) atoms. The Balaban J connectivity index is 1.51. The molecule has 1 aromatic heterocycles. The number of hydrogen-bond donors (Lipinski definition) is 0. The Morgan fingerprint density at radius 1 is 1.19 bits per heavy atom. The van der Waals surface area contributed by atoms with Crippen LogP contribution >= 0.6 is 0 Å². The van der Waals surface area contributed by atoms with Crippen molar-refractivity contribution in [3.8, 4) is 0 Å². The second kappa shape index (κ2) is 6.43. The van der Waals surface area contributed by atoms with Gasteiger partial charge < -0.3 is 4.74 Å². The molecule has 1 atom stereocenters. The molecule has 0 N–H and O–H groups in total. The summed E-state index contributed by atoms with van der Waals surface area (Å²) in [6.07, 6.45) is 3.06. The van der Waals surface area contributed by atoms with Crippen LogP contribution in [0.15, 0.2) is 30.5 Å². The van der Waals surface area contributed by atoms with E-state index in [1.54, 1.807) is 0 Å². The number of ether oxygens (including phenoxy) is 1. The third-order valence-electron chi connectivity index (χ3n) is 5.78. The van der Waals surface area contributed by atoms with Crippen molar-refractivity contribution in [2.45, 2.75) is 58.1 Å². The van der Waals surface area contributed by atoms with Crippen LogP contribution in [-0.2, 0) is 28.7 Å². The number of aryl methyl sites for hydroxylation is 1. The van der Waals surface area contributed by atoms with Gasteiger partial charge in [-0.1, -0.05) is 45.0 Å². The van der Waals surface area contributed by atoms with Gasteiger partial charge in [0.1, 0.15) is 5.82 Å². The van der Waals surface area contributed by atoms with Crippen molar-refractivity contribution in [1.29, 1.82) is 0 Å². The van der Waals surface area contributed by atoms with Crippen molar-refractivity contribution in [1.82, 2.24) is 14.9 Å². The highest BCUT2D eigenvalue weighted by molar-refractivity contribution is 5.31. The van der Waals surface area contributed by atoms with E-state index in [1.807, 2.05) is 13.1 Å². The van der Waals surface area contributed by atoms with E-state index in [0.29, 0.717) is 6.61 Å². The van der Waals surface area contributed by atoms with Gasteiger partial charge in [-0.15, -0.1) is 0 Å². The molecule has 1 saturated heterocycles. The quantitative estimate of drug-likeness (QED) is 0.826. The molecule has 0 bridgehead atoms. The molecule has 2 aliphatic rings. The summed E-state index contributed by atoms with van der Waals surface area (Å²) < 4.78 is 5.92. The molecule has 0 aliphatic carbocycles. The average Bonchev–Trinajstić information content (AvgIpc) is 2.99. The van der Waals surface area contributed by atoms with Crippen LogP contribution in [0.4, 0.5) is 0 Å². The second-order valence-electron chi connectivity index (χ2n) is 8.97. The summed E-state index contributed by atoms with van der Waals surface area (Å²) in [5.41, 5.74) is 5.40. The van der Waals surface area contributed by atoms with Gasteiger partial charge in [0.15, 0.2) is 0 Å². The fourth-order valence-electron chi connectivity index (χ4n) is 4.26. The monoisotopic (exact) mass is 351 g/mol. The number of likely N-dealkylation sites (tertiary alicyclic amines) is 1. The first kappa shape index (κ1) is 17.6. The maximum Gasteiger partial charge on any atom is 0.125 e. The van der Waals surface area contributed by atoms with Crippen LogP contribution < -0.4 is 0 Å². The summed E-state index contributed by atoms with van der Waals surface area (Å²) in [5.74, 6) is 0.862. The number of fused-ring (bicyclic) bond motifs is 2. The van der Waals surface area contributed by atoms with E-state index < -0.39 is 0 Å². The Kier molecular flexibility index (Phi) is 4.36. The van der Waals surface area contributed by atoms with Gasteiger partial charge in [0.2, 0.25) is 0 Å². The lowest BCUT2D eigenvalue weighted by Crippen LogP contribution is -2.40. The topological polar surface area (TPSA) is 38.2 Å². The molecule has 4 nitrogen and oxygen atoms in total. The standard InChI is InChI=1S/C22H29N3O/c1-16-23-11-18-13-26-15-22(20(18)24-16)9-10-25(14-22)12-17-5-7-19(8-6-17)21(2,3)4/h5-8,11H,9-10,12-15H2,1-4H3/t22-/m1/s1. The smallest absolute Gasteiger partial charge is 0.125 e. The molecule has 2 aliphatic heterocycles. The van der Waals surface area contributed by atoms with Crippen molar-refractivity contribution in [3.05, 3.63) is 58.7 Å². The summed E-state index contributed by atoms with van der Waals surface area (Å²) in [6.45, 7) is 13.3. The number of benzene rings is 1. The first-order valence-electron chi connectivity index (χ1n) is 9.58. The zero-order valence-corrected chi connectivity index (χ0v) is 16.4. The zero-order chi connectivity index (χ0) is 18.4. The van der Waals surface area contributed by atoms with Gasteiger partial charge in [0.25, 0.3) is 0 Å². The van der Waals surface area contributed by atoms with Crippen LogP contribution in [0, 0.1) is 6.92 Å². The van der Waals surface area contributed by atoms with E-state index in [-0.39, 0.29) is 10.8 Å². The van der Waals surface area contributed by atoms with Crippen molar-refractivity contribution in [2.24, 2.45) is 0 Å². The average molecular weight is 351 g/mol. The van der Waals surface area contributed by atoms with Crippen LogP contribution in [0.1, 0.15) is 55.4 Å². The molecular formula is C22H29N3O. The maximum absolute atomic E-state index is 5.92. The summed E-state index contributed by atoms with van der Waals surface area (Å²) in [5, 5.41) is 0. The van der Waals surface area contributed by atoms with Gasteiger partial charge in [-0.2, -0.15) is 0 Å². The van der Waals surface area contributed by atoms with Gasteiger partial charge >= 0.3 is 0 Å². The van der Waals surface area contributed by atoms with Crippen LogP contribution in [0.2, 0.25) is 0 Å². The Hall–Kier alpha value is -1.78. The minimum absolute atomic E-state index is 0.0344. The molecule has 1 fully saturated rings. The Bertz CT molecular complexity index is 794. The molecule has 2 aromatic rings. The number of aromatic nitrogens is 2. The van der Waals surface area contributed by atoms with Crippen LogP contribution in [-0.4, -0.2) is 34.6 Å². The lowest BCUT2D eigenvalue weighted by molar-refractivity contribution is 0.0500. The van der Waals surface area contributed by atoms with E-state index in [0.717, 1.165) is 38.5 Å². The van der Waals surface area contributed by atoms with E-state index in [2.05, 4.69) is 54.9 Å². The molecule has 1 aromatic carbocycles. The molecule has 3 heterocycles. The number of hydrogen-bond acceptors (Lipinski definition) is 4. The third-order valence-corrected chi connectivity index (χ3v) is 5.78. The van der Waals surface area contributed by atoms with E-state index in [1.165, 1.54) is 22.4 Å². The zero-order valence-electron chi connectivity index (χ0n) is 16.4. The predicted octanol–water partition coefficient (Wildman–Crippen LogP) is 3.76. The van der Waals surface area contributed by atoms with Gasteiger partial charge in [-0.05, 0) is 36.4 Å². The van der Waals surface area contributed by atoms with Gasteiger partial charge in [-0.3, -0.25) is 4.90 Å². The van der Waals surface area contributed by atoms with Gasteiger partial charge in [0.05, 0.1) is 24.3 Å². The lowest BCUT2D eigenvalue weighted by Gasteiger charge is -2.34. The van der Waals surface area contributed by atoms with Crippen LogP contribution in [0.5, 0.6) is 0 Å². The molecule has 0 saturated carbocycles. The normalized spacial score (nSPS) is 23.4. The predicted molar refractivity (Wildman–Crippen MR) is 103 cm³/mol. The van der Waals surface area contributed by atoms with Crippen molar-refractivity contribution < 1.29 is 4.74 Å². The molecule has 0 unspecified atom stereocenters. The van der Waals surface area contributed by atoms with E-state index in [9.17, 15) is 0 Å². The van der Waals surface area contributed by atoms with E-state index >= 15 is 0 Å². The molecular weight excluding hydrogens is 322 g/mol. The molecule has 4 heteroatoms. The first-order chi connectivity index (χ1) is 12.4. The SMILES string of the molecule is Cc1ncc2c(n1)[C@@]1(CCN(Cc3ccc(C(C)(C)C)cc3)C1)COC2. The highest BCUT2D eigenvalue weighted by Gasteiger charge is 2.44. The van der Waals surface area contributed by atoms with Crippen LogP contribution in [0.3, 0.4) is 0 Å². The van der Waals surface area contributed by atoms with Gasteiger partial charge in [0, 0.05) is 24.8 Å². The van der Waals surface area contributed by atoms with Crippen LogP contribution in [0.25, 0.3) is 0 Å². The Morgan fingerprint density at radius 3 is 2.69 bits per heavy atom. The third kappa shape index (κ3) is 3.28. The number of rotatable bonds is 2. The molecule has 0 radical (unpaired) electrons. The van der Waals surface area contributed by atoms with Gasteiger partial charge in [-0.25, -0.2) is 9.97 Å². The molecule has 4 rings (SSSR count).